The van der Waals surface area contributed by atoms with Crippen molar-refractivity contribution in [1.82, 2.24) is 9.47 Å². The van der Waals surface area contributed by atoms with Crippen LogP contribution in [0.25, 0.3) is 10.9 Å². The van der Waals surface area contributed by atoms with Crippen LogP contribution in [0.15, 0.2) is 30.5 Å². The minimum atomic E-state index is -0.522. The van der Waals surface area contributed by atoms with Crippen molar-refractivity contribution in [2.75, 3.05) is 13.1 Å². The second-order valence-corrected chi connectivity index (χ2v) is 9.43. The monoisotopic (exact) mass is 412 g/mol. The molecule has 0 aliphatic carbocycles. The summed E-state index contributed by atoms with van der Waals surface area (Å²) in [5, 5.41) is 0.823. The summed E-state index contributed by atoms with van der Waals surface area (Å²) in [6.07, 6.45) is 3.12. The number of ketones is 2. The molecule has 0 radical (unpaired) electrons. The SMILES string of the molecule is CC(C)n1cc(C(=O)C(=O)CC2CCN(C(=O)OC(C)(C)C)CC2)c2ccccc21. The molecule has 0 spiro atoms. The molecular weight excluding hydrogens is 380 g/mol. The first-order chi connectivity index (χ1) is 14.1. The second-order valence-electron chi connectivity index (χ2n) is 9.43. The summed E-state index contributed by atoms with van der Waals surface area (Å²) < 4.78 is 7.45. The Hall–Kier alpha value is -2.63. The Morgan fingerprint density at radius 3 is 2.33 bits per heavy atom. The van der Waals surface area contributed by atoms with Crippen LogP contribution in [0.2, 0.25) is 0 Å². The number of hydrogen-bond donors (Lipinski definition) is 0. The van der Waals surface area contributed by atoms with Crippen LogP contribution in [-0.4, -0.2) is 45.8 Å². The van der Waals surface area contributed by atoms with Gasteiger partial charge in [-0.1, -0.05) is 18.2 Å². The second kappa shape index (κ2) is 8.62. The number of benzene rings is 1. The zero-order valence-corrected chi connectivity index (χ0v) is 18.6. The predicted molar refractivity (Wildman–Crippen MR) is 117 cm³/mol. The first-order valence-corrected chi connectivity index (χ1v) is 10.7. The van der Waals surface area contributed by atoms with Crippen molar-refractivity contribution < 1.29 is 19.1 Å². The van der Waals surface area contributed by atoms with E-state index in [0.29, 0.717) is 31.5 Å². The third-order valence-electron chi connectivity index (χ3n) is 5.54. The zero-order chi connectivity index (χ0) is 22.1. The molecule has 2 heterocycles. The van der Waals surface area contributed by atoms with Gasteiger partial charge in [-0.15, -0.1) is 0 Å². The normalized spacial score (nSPS) is 15.6. The van der Waals surface area contributed by atoms with E-state index in [-0.39, 0.29) is 30.3 Å². The van der Waals surface area contributed by atoms with Crippen molar-refractivity contribution in [2.24, 2.45) is 5.92 Å². The number of carbonyl (C=O) groups is 3. The Bertz CT molecular complexity index is 944. The molecule has 1 aromatic heterocycles. The Kier molecular flexibility index (Phi) is 6.34. The Labute approximate surface area is 178 Å². The quantitative estimate of drug-likeness (QED) is 0.511. The van der Waals surface area contributed by atoms with Gasteiger partial charge in [-0.25, -0.2) is 4.79 Å². The number of nitrogens with zero attached hydrogens (tertiary/aromatic N) is 2. The first-order valence-electron chi connectivity index (χ1n) is 10.7. The van der Waals surface area contributed by atoms with Crippen LogP contribution in [0.3, 0.4) is 0 Å². The molecule has 0 atom stereocenters. The fourth-order valence-corrected chi connectivity index (χ4v) is 3.96. The van der Waals surface area contributed by atoms with Crippen molar-refractivity contribution in [3.05, 3.63) is 36.0 Å². The van der Waals surface area contributed by atoms with Gasteiger partial charge >= 0.3 is 6.09 Å². The summed E-state index contributed by atoms with van der Waals surface area (Å²) in [6, 6.07) is 7.90. The molecule has 1 aliphatic heterocycles. The summed E-state index contributed by atoms with van der Waals surface area (Å²) >= 11 is 0. The number of amides is 1. The lowest BCUT2D eigenvalue weighted by Crippen LogP contribution is -2.42. The van der Waals surface area contributed by atoms with E-state index in [1.54, 1.807) is 11.1 Å². The molecule has 1 fully saturated rings. The highest BCUT2D eigenvalue weighted by Crippen LogP contribution is 2.27. The highest BCUT2D eigenvalue weighted by atomic mass is 16.6. The van der Waals surface area contributed by atoms with E-state index in [4.69, 9.17) is 4.74 Å². The molecule has 3 rings (SSSR count). The van der Waals surface area contributed by atoms with E-state index in [9.17, 15) is 14.4 Å². The molecule has 30 heavy (non-hydrogen) atoms. The highest BCUT2D eigenvalue weighted by molar-refractivity contribution is 6.45. The van der Waals surface area contributed by atoms with Crippen LogP contribution >= 0.6 is 0 Å². The number of rotatable bonds is 5. The highest BCUT2D eigenvalue weighted by Gasteiger charge is 2.30. The maximum atomic E-state index is 13.0. The minimum Gasteiger partial charge on any atom is -0.444 e. The Balaban J connectivity index is 1.63. The predicted octanol–water partition coefficient (Wildman–Crippen LogP) is 5.01. The molecule has 1 aliphatic rings. The van der Waals surface area contributed by atoms with Crippen molar-refractivity contribution in [3.63, 3.8) is 0 Å². The number of likely N-dealkylation sites (tertiary alicyclic amines) is 1. The fourth-order valence-electron chi connectivity index (χ4n) is 3.96. The van der Waals surface area contributed by atoms with Crippen molar-refractivity contribution in [3.8, 4) is 0 Å². The third kappa shape index (κ3) is 4.91. The van der Waals surface area contributed by atoms with Crippen molar-refractivity contribution in [1.29, 1.82) is 0 Å². The van der Waals surface area contributed by atoms with Gasteiger partial charge in [-0.3, -0.25) is 9.59 Å². The lowest BCUT2D eigenvalue weighted by molar-refractivity contribution is -0.116. The molecule has 6 heteroatoms. The molecule has 2 aromatic rings. The summed E-state index contributed by atoms with van der Waals surface area (Å²) in [7, 11) is 0. The summed E-state index contributed by atoms with van der Waals surface area (Å²) in [5.41, 5.74) is 0.927. The molecule has 162 valence electrons. The topological polar surface area (TPSA) is 68.6 Å². The average Bonchev–Trinajstić information content (AvgIpc) is 3.06. The Morgan fingerprint density at radius 2 is 1.73 bits per heavy atom. The number of para-hydroxylation sites is 1. The van der Waals surface area contributed by atoms with E-state index in [2.05, 4.69) is 13.8 Å². The number of fused-ring (bicyclic) bond motifs is 1. The van der Waals surface area contributed by atoms with Gasteiger partial charge in [-0.05, 0) is 59.4 Å². The molecule has 1 amide bonds. The van der Waals surface area contributed by atoms with Crippen molar-refractivity contribution in [2.45, 2.75) is 65.5 Å². The van der Waals surface area contributed by atoms with Gasteiger partial charge in [0.05, 0.1) is 5.56 Å². The molecule has 0 bridgehead atoms. The molecule has 6 nitrogen and oxygen atoms in total. The van der Waals surface area contributed by atoms with Crippen LogP contribution in [0, 0.1) is 5.92 Å². The van der Waals surface area contributed by atoms with E-state index in [1.165, 1.54) is 0 Å². The third-order valence-corrected chi connectivity index (χ3v) is 5.54. The Morgan fingerprint density at radius 1 is 1.10 bits per heavy atom. The summed E-state index contributed by atoms with van der Waals surface area (Å²) in [4.78, 5) is 39.6. The van der Waals surface area contributed by atoms with Crippen LogP contribution in [0.4, 0.5) is 4.79 Å². The van der Waals surface area contributed by atoms with Gasteiger partial charge in [0.25, 0.3) is 0 Å². The number of piperidine rings is 1. The largest absolute Gasteiger partial charge is 0.444 e. The summed E-state index contributed by atoms with van der Waals surface area (Å²) in [6.45, 7) is 10.7. The number of ether oxygens (including phenoxy) is 1. The number of hydrogen-bond acceptors (Lipinski definition) is 4. The maximum Gasteiger partial charge on any atom is 0.410 e. The van der Waals surface area contributed by atoms with Gasteiger partial charge in [0.2, 0.25) is 11.6 Å². The molecule has 0 saturated carbocycles. The van der Waals surface area contributed by atoms with Gasteiger partial charge in [0.1, 0.15) is 5.60 Å². The van der Waals surface area contributed by atoms with Crippen LogP contribution in [-0.2, 0) is 9.53 Å². The van der Waals surface area contributed by atoms with E-state index < -0.39 is 11.4 Å². The minimum absolute atomic E-state index is 0.110. The summed E-state index contributed by atoms with van der Waals surface area (Å²) in [5.74, 6) is -0.656. The number of carbonyl (C=O) groups excluding carboxylic acids is 3. The molecule has 1 aromatic carbocycles. The smallest absolute Gasteiger partial charge is 0.410 e. The van der Waals surface area contributed by atoms with Crippen LogP contribution in [0.5, 0.6) is 0 Å². The number of Topliss-reactive ketones (excluding diaryl/α,β-unsaturated/α-hetero) is 2. The standard InChI is InChI=1S/C24H32N2O4/c1-16(2)26-15-19(18-8-6-7-9-20(18)26)22(28)21(27)14-17-10-12-25(13-11-17)23(29)30-24(3,4)5/h6-9,15-17H,10-14H2,1-5H3. The van der Waals surface area contributed by atoms with Crippen LogP contribution < -0.4 is 0 Å². The van der Waals surface area contributed by atoms with E-state index in [0.717, 1.165) is 10.9 Å². The molecule has 1 saturated heterocycles. The first kappa shape index (κ1) is 22.1. The zero-order valence-electron chi connectivity index (χ0n) is 18.6. The van der Waals surface area contributed by atoms with Crippen LogP contribution in [0.1, 0.15) is 70.3 Å². The van der Waals surface area contributed by atoms with Gasteiger partial charge < -0.3 is 14.2 Å². The van der Waals surface area contributed by atoms with E-state index in [1.807, 2.05) is 49.6 Å². The molecular formula is C24H32N2O4. The van der Waals surface area contributed by atoms with Crippen molar-refractivity contribution >= 4 is 28.6 Å². The fraction of sp³-hybridized carbons (Fsp3) is 0.542. The van der Waals surface area contributed by atoms with Gasteiger partial charge in [0, 0.05) is 42.7 Å². The lowest BCUT2D eigenvalue weighted by atomic mass is 9.89. The molecule has 0 unspecified atom stereocenters. The van der Waals surface area contributed by atoms with Gasteiger partial charge in [-0.2, -0.15) is 0 Å². The lowest BCUT2D eigenvalue weighted by Gasteiger charge is -2.33. The van der Waals surface area contributed by atoms with E-state index >= 15 is 0 Å². The maximum absolute atomic E-state index is 13.0. The molecule has 0 N–H and O–H groups in total. The number of aromatic nitrogens is 1. The average molecular weight is 413 g/mol. The van der Waals surface area contributed by atoms with Gasteiger partial charge in [0.15, 0.2) is 0 Å².